The van der Waals surface area contributed by atoms with Gasteiger partial charge >= 0.3 is 0 Å². The lowest BCUT2D eigenvalue weighted by Gasteiger charge is -2.33. The standard InChI is InChI=1S/C12H12O3/c1-8(13)12(15)10-5-3-2-4-9(10)6-7-11(12)14/h2-7,11,14-15H,1H3/t11-,12-/m0/s1. The van der Waals surface area contributed by atoms with Gasteiger partial charge in [-0.05, 0) is 12.5 Å². The molecule has 0 heterocycles. The fraction of sp³-hybridized carbons (Fsp3) is 0.250. The summed E-state index contributed by atoms with van der Waals surface area (Å²) in [5.74, 6) is -0.452. The zero-order valence-corrected chi connectivity index (χ0v) is 8.34. The van der Waals surface area contributed by atoms with Crippen molar-refractivity contribution in [1.29, 1.82) is 0 Å². The maximum Gasteiger partial charge on any atom is 0.177 e. The lowest BCUT2D eigenvalue weighted by atomic mass is 9.78. The van der Waals surface area contributed by atoms with E-state index in [-0.39, 0.29) is 0 Å². The quantitative estimate of drug-likeness (QED) is 0.713. The number of fused-ring (bicyclic) bond motifs is 1. The van der Waals surface area contributed by atoms with E-state index >= 15 is 0 Å². The number of carbonyl (C=O) groups excluding carboxylic acids is 1. The molecule has 0 aliphatic heterocycles. The number of aliphatic hydroxyl groups is 2. The maximum absolute atomic E-state index is 11.4. The van der Waals surface area contributed by atoms with Crippen LogP contribution in [-0.2, 0) is 10.4 Å². The third kappa shape index (κ3) is 1.32. The molecular weight excluding hydrogens is 192 g/mol. The number of rotatable bonds is 1. The zero-order valence-electron chi connectivity index (χ0n) is 8.34. The molecule has 1 aliphatic rings. The Morgan fingerprint density at radius 3 is 2.73 bits per heavy atom. The summed E-state index contributed by atoms with van der Waals surface area (Å²) < 4.78 is 0. The van der Waals surface area contributed by atoms with Gasteiger partial charge in [0.2, 0.25) is 0 Å². The minimum Gasteiger partial charge on any atom is -0.385 e. The van der Waals surface area contributed by atoms with E-state index in [1.54, 1.807) is 24.3 Å². The van der Waals surface area contributed by atoms with Crippen LogP contribution in [0, 0.1) is 0 Å². The number of hydrogen-bond acceptors (Lipinski definition) is 3. The van der Waals surface area contributed by atoms with Gasteiger partial charge in [-0.25, -0.2) is 0 Å². The van der Waals surface area contributed by atoms with Crippen LogP contribution in [0.2, 0.25) is 0 Å². The van der Waals surface area contributed by atoms with Gasteiger partial charge in [-0.1, -0.05) is 36.4 Å². The predicted octanol–water partition coefficient (Wildman–Crippen LogP) is 0.851. The monoisotopic (exact) mass is 204 g/mol. The molecule has 3 heteroatoms. The Bertz CT molecular complexity index is 436. The lowest BCUT2D eigenvalue weighted by Crippen LogP contribution is -2.46. The molecule has 0 bridgehead atoms. The summed E-state index contributed by atoms with van der Waals surface area (Å²) in [6, 6.07) is 7.01. The molecule has 2 N–H and O–H groups in total. The Labute approximate surface area is 87.7 Å². The molecule has 0 fully saturated rings. The topological polar surface area (TPSA) is 57.5 Å². The average molecular weight is 204 g/mol. The summed E-state index contributed by atoms with van der Waals surface area (Å²) in [4.78, 5) is 11.4. The van der Waals surface area contributed by atoms with Crippen molar-refractivity contribution in [2.24, 2.45) is 0 Å². The molecule has 2 rings (SSSR count). The van der Waals surface area contributed by atoms with Gasteiger partial charge in [0.15, 0.2) is 11.4 Å². The zero-order chi connectivity index (χ0) is 11.1. The lowest BCUT2D eigenvalue weighted by molar-refractivity contribution is -0.146. The summed E-state index contributed by atoms with van der Waals surface area (Å²) >= 11 is 0. The van der Waals surface area contributed by atoms with Crippen LogP contribution in [0.5, 0.6) is 0 Å². The molecule has 0 saturated carbocycles. The number of hydrogen-bond donors (Lipinski definition) is 2. The first-order valence-corrected chi connectivity index (χ1v) is 4.76. The van der Waals surface area contributed by atoms with Crippen LogP contribution >= 0.6 is 0 Å². The van der Waals surface area contributed by atoms with Crippen LogP contribution in [0.15, 0.2) is 30.3 Å². The third-order valence-corrected chi connectivity index (χ3v) is 2.79. The molecule has 2 atom stereocenters. The van der Waals surface area contributed by atoms with E-state index in [0.29, 0.717) is 5.56 Å². The molecule has 0 radical (unpaired) electrons. The Morgan fingerprint density at radius 1 is 1.40 bits per heavy atom. The van der Waals surface area contributed by atoms with Gasteiger partial charge in [0, 0.05) is 5.56 Å². The molecule has 0 saturated heterocycles. The number of ketones is 1. The fourth-order valence-corrected chi connectivity index (χ4v) is 1.88. The van der Waals surface area contributed by atoms with Crippen LogP contribution in [0.25, 0.3) is 6.08 Å². The van der Waals surface area contributed by atoms with Crippen molar-refractivity contribution in [3.63, 3.8) is 0 Å². The highest BCUT2D eigenvalue weighted by Crippen LogP contribution is 2.34. The van der Waals surface area contributed by atoms with Crippen molar-refractivity contribution < 1.29 is 15.0 Å². The summed E-state index contributed by atoms with van der Waals surface area (Å²) in [6.45, 7) is 1.28. The molecular formula is C12H12O3. The number of benzene rings is 1. The van der Waals surface area contributed by atoms with Crippen molar-refractivity contribution in [2.45, 2.75) is 18.6 Å². The summed E-state index contributed by atoms with van der Waals surface area (Å²) in [7, 11) is 0. The summed E-state index contributed by atoms with van der Waals surface area (Å²) in [5.41, 5.74) is -0.571. The molecule has 1 aromatic carbocycles. The van der Waals surface area contributed by atoms with E-state index in [1.165, 1.54) is 13.0 Å². The van der Waals surface area contributed by atoms with Crippen LogP contribution in [0.4, 0.5) is 0 Å². The molecule has 15 heavy (non-hydrogen) atoms. The summed E-state index contributed by atoms with van der Waals surface area (Å²) in [5, 5.41) is 19.9. The van der Waals surface area contributed by atoms with Crippen molar-refractivity contribution in [2.75, 3.05) is 0 Å². The van der Waals surface area contributed by atoms with Crippen LogP contribution in [0.1, 0.15) is 18.1 Å². The highest BCUT2D eigenvalue weighted by molar-refractivity contribution is 5.89. The molecule has 0 spiro atoms. The largest absolute Gasteiger partial charge is 0.385 e. The maximum atomic E-state index is 11.4. The van der Waals surface area contributed by atoms with Gasteiger partial charge in [-0.3, -0.25) is 4.79 Å². The van der Waals surface area contributed by atoms with Crippen LogP contribution in [-0.4, -0.2) is 22.1 Å². The van der Waals surface area contributed by atoms with E-state index < -0.39 is 17.5 Å². The van der Waals surface area contributed by atoms with Gasteiger partial charge in [0.05, 0.1) is 0 Å². The second-order valence-electron chi connectivity index (χ2n) is 3.71. The molecule has 0 amide bonds. The molecule has 1 aromatic rings. The summed E-state index contributed by atoms with van der Waals surface area (Å²) in [6.07, 6.45) is 1.96. The van der Waals surface area contributed by atoms with Crippen molar-refractivity contribution >= 4 is 11.9 Å². The SMILES string of the molecule is CC(=O)[C@]1(O)c2ccccc2C=C[C@@H]1O. The van der Waals surface area contributed by atoms with E-state index in [9.17, 15) is 15.0 Å². The smallest absolute Gasteiger partial charge is 0.177 e. The van der Waals surface area contributed by atoms with E-state index in [2.05, 4.69) is 0 Å². The molecule has 0 unspecified atom stereocenters. The predicted molar refractivity (Wildman–Crippen MR) is 56.1 cm³/mol. The van der Waals surface area contributed by atoms with Crippen molar-refractivity contribution in [1.82, 2.24) is 0 Å². The molecule has 78 valence electrons. The molecule has 0 aromatic heterocycles. The van der Waals surface area contributed by atoms with Gasteiger partial charge < -0.3 is 10.2 Å². The van der Waals surface area contributed by atoms with E-state index in [0.717, 1.165) is 5.56 Å². The average Bonchev–Trinajstić information content (AvgIpc) is 2.23. The Balaban J connectivity index is 2.66. The fourth-order valence-electron chi connectivity index (χ4n) is 1.88. The van der Waals surface area contributed by atoms with Crippen LogP contribution < -0.4 is 0 Å². The normalized spacial score (nSPS) is 28.6. The minimum absolute atomic E-state index is 0.452. The van der Waals surface area contributed by atoms with Gasteiger partial charge in [-0.15, -0.1) is 0 Å². The third-order valence-electron chi connectivity index (χ3n) is 2.79. The Kier molecular flexibility index (Phi) is 2.21. The number of aliphatic hydroxyl groups excluding tert-OH is 1. The second-order valence-corrected chi connectivity index (χ2v) is 3.71. The van der Waals surface area contributed by atoms with Gasteiger partial charge in [-0.2, -0.15) is 0 Å². The highest BCUT2D eigenvalue weighted by Gasteiger charge is 2.43. The van der Waals surface area contributed by atoms with Gasteiger partial charge in [0.1, 0.15) is 6.10 Å². The Hall–Kier alpha value is -1.45. The minimum atomic E-state index is -1.80. The van der Waals surface area contributed by atoms with Crippen molar-refractivity contribution in [3.8, 4) is 0 Å². The highest BCUT2D eigenvalue weighted by atomic mass is 16.3. The second kappa shape index (κ2) is 3.29. The van der Waals surface area contributed by atoms with Crippen LogP contribution in [0.3, 0.4) is 0 Å². The first-order chi connectivity index (χ1) is 7.06. The first kappa shape index (κ1) is 10.1. The van der Waals surface area contributed by atoms with E-state index in [4.69, 9.17) is 0 Å². The molecule has 1 aliphatic carbocycles. The first-order valence-electron chi connectivity index (χ1n) is 4.76. The molecule has 3 nitrogen and oxygen atoms in total. The number of Topliss-reactive ketones (excluding diaryl/α,β-unsaturated/α-hetero) is 1. The Morgan fingerprint density at radius 2 is 2.07 bits per heavy atom. The van der Waals surface area contributed by atoms with Gasteiger partial charge in [0.25, 0.3) is 0 Å². The number of carbonyl (C=O) groups is 1. The van der Waals surface area contributed by atoms with E-state index in [1.807, 2.05) is 6.07 Å². The van der Waals surface area contributed by atoms with Crippen molar-refractivity contribution in [3.05, 3.63) is 41.5 Å².